The molecule has 35 heavy (non-hydrogen) atoms. The third-order valence-electron chi connectivity index (χ3n) is 7.75. The maximum absolute atomic E-state index is 12.4. The van der Waals surface area contributed by atoms with Gasteiger partial charge in [0, 0.05) is 30.8 Å². The number of nitrogens with one attached hydrogen (secondary N) is 2. The topological polar surface area (TPSA) is 105 Å². The molecule has 2 aromatic rings. The minimum Gasteiger partial charge on any atom is -0.481 e. The highest BCUT2D eigenvalue weighted by Gasteiger charge is 2.34. The van der Waals surface area contributed by atoms with Crippen LogP contribution in [0.5, 0.6) is 0 Å². The fourth-order valence-corrected chi connectivity index (χ4v) is 6.01. The monoisotopic (exact) mass is 476 g/mol. The molecule has 3 aliphatic carbocycles. The summed E-state index contributed by atoms with van der Waals surface area (Å²) in [6.07, 6.45) is 4.20. The zero-order chi connectivity index (χ0) is 24.4. The van der Waals surface area contributed by atoms with Crippen molar-refractivity contribution in [1.29, 1.82) is 0 Å². The summed E-state index contributed by atoms with van der Waals surface area (Å²) in [7, 11) is 0. The molecule has 5 rings (SSSR count). The Labute approximate surface area is 205 Å². The third kappa shape index (κ3) is 5.34. The summed E-state index contributed by atoms with van der Waals surface area (Å²) in [4.78, 5) is 35.7. The van der Waals surface area contributed by atoms with Gasteiger partial charge in [0.2, 0.25) is 5.91 Å². The number of benzene rings is 2. The van der Waals surface area contributed by atoms with Crippen molar-refractivity contribution in [1.82, 2.24) is 10.6 Å². The predicted octanol–water partition coefficient (Wildman–Crippen LogP) is 4.45. The number of amides is 2. The van der Waals surface area contributed by atoms with Gasteiger partial charge in [0.1, 0.15) is 6.61 Å². The molecule has 184 valence electrons. The molecule has 0 aliphatic heterocycles. The molecule has 3 aliphatic rings. The lowest BCUT2D eigenvalue weighted by Crippen LogP contribution is -2.46. The average Bonchev–Trinajstić information content (AvgIpc) is 3.37. The van der Waals surface area contributed by atoms with E-state index in [4.69, 9.17) is 9.84 Å². The largest absolute Gasteiger partial charge is 0.481 e. The van der Waals surface area contributed by atoms with Crippen molar-refractivity contribution < 1.29 is 24.2 Å². The maximum Gasteiger partial charge on any atom is 0.407 e. The van der Waals surface area contributed by atoms with E-state index in [9.17, 15) is 14.4 Å². The van der Waals surface area contributed by atoms with E-state index in [1.165, 1.54) is 22.3 Å². The molecule has 2 atom stereocenters. The summed E-state index contributed by atoms with van der Waals surface area (Å²) >= 11 is 0. The van der Waals surface area contributed by atoms with Crippen LogP contribution >= 0.6 is 0 Å². The summed E-state index contributed by atoms with van der Waals surface area (Å²) < 4.78 is 5.62. The van der Waals surface area contributed by atoms with E-state index in [-0.39, 0.29) is 42.2 Å². The molecule has 2 fully saturated rings. The number of hydrogen-bond acceptors (Lipinski definition) is 4. The minimum atomic E-state index is -0.772. The molecule has 0 heterocycles. The average molecular weight is 477 g/mol. The Bertz CT molecular complexity index is 1060. The van der Waals surface area contributed by atoms with Gasteiger partial charge in [-0.2, -0.15) is 0 Å². The van der Waals surface area contributed by atoms with Crippen molar-refractivity contribution in [2.24, 2.45) is 11.8 Å². The van der Waals surface area contributed by atoms with Crippen LogP contribution in [0.15, 0.2) is 48.5 Å². The van der Waals surface area contributed by atoms with Crippen LogP contribution in [0.1, 0.15) is 62.0 Å². The minimum absolute atomic E-state index is 0.0237. The number of carbonyl (C=O) groups is 3. The van der Waals surface area contributed by atoms with E-state index < -0.39 is 12.1 Å². The van der Waals surface area contributed by atoms with Crippen molar-refractivity contribution in [3.8, 4) is 11.1 Å². The number of alkyl carbamates (subject to hydrolysis) is 1. The number of carboxylic acids is 1. The number of ether oxygens (including phenoxy) is 1. The first-order chi connectivity index (χ1) is 17.0. The second-order valence-corrected chi connectivity index (χ2v) is 10.2. The van der Waals surface area contributed by atoms with Gasteiger partial charge in [-0.25, -0.2) is 4.79 Å². The molecule has 0 spiro atoms. The number of aliphatic carboxylic acids is 1. The molecule has 2 amide bonds. The number of hydrogen-bond donors (Lipinski definition) is 3. The van der Waals surface area contributed by atoms with E-state index in [1.807, 2.05) is 24.3 Å². The molecule has 0 aromatic heterocycles. The predicted molar refractivity (Wildman–Crippen MR) is 131 cm³/mol. The smallest absolute Gasteiger partial charge is 0.407 e. The van der Waals surface area contributed by atoms with Gasteiger partial charge in [0.15, 0.2) is 0 Å². The van der Waals surface area contributed by atoms with Gasteiger partial charge in [-0.3, -0.25) is 9.59 Å². The van der Waals surface area contributed by atoms with Crippen LogP contribution in [0.3, 0.4) is 0 Å². The Kier molecular flexibility index (Phi) is 6.75. The van der Waals surface area contributed by atoms with Gasteiger partial charge in [0.05, 0.1) is 0 Å². The lowest BCUT2D eigenvalue weighted by atomic mass is 9.78. The highest BCUT2D eigenvalue weighted by atomic mass is 16.5. The number of carbonyl (C=O) groups excluding carboxylic acids is 2. The Hall–Kier alpha value is -3.35. The first kappa shape index (κ1) is 23.4. The Morgan fingerprint density at radius 1 is 0.800 bits per heavy atom. The summed E-state index contributed by atoms with van der Waals surface area (Å²) in [5.74, 6) is -0.295. The van der Waals surface area contributed by atoms with Gasteiger partial charge in [-0.15, -0.1) is 0 Å². The van der Waals surface area contributed by atoms with Gasteiger partial charge in [-0.1, -0.05) is 48.5 Å². The SMILES string of the molecule is O=C(O)CC1CCC(NC(=O)CC2CC(NC(=O)OCC3c4ccccc4-c4ccccc43)C2)C1. The standard InChI is InChI=1S/C28H32N2O5/c31-26(29-19-10-9-17(11-19)15-27(32)33)14-18-12-20(13-18)30-28(34)35-16-25-23-7-3-1-5-21(23)22-6-2-4-8-24(22)25/h1-8,17-20,25H,9-16H2,(H,29,31)(H,30,34)(H,32,33). The molecular formula is C28H32N2O5. The third-order valence-corrected chi connectivity index (χ3v) is 7.75. The first-order valence-electron chi connectivity index (χ1n) is 12.6. The van der Waals surface area contributed by atoms with E-state index in [1.54, 1.807) is 0 Å². The molecule has 7 nitrogen and oxygen atoms in total. The summed E-state index contributed by atoms with van der Waals surface area (Å²) in [5, 5.41) is 14.9. The van der Waals surface area contributed by atoms with Crippen LogP contribution in [0.2, 0.25) is 0 Å². The van der Waals surface area contributed by atoms with Gasteiger partial charge in [0.25, 0.3) is 0 Å². The number of carboxylic acid groups (broad SMARTS) is 1. The molecule has 2 unspecified atom stereocenters. The van der Waals surface area contributed by atoms with Crippen molar-refractivity contribution in [2.45, 2.75) is 62.9 Å². The van der Waals surface area contributed by atoms with Gasteiger partial charge >= 0.3 is 12.1 Å². The first-order valence-corrected chi connectivity index (χ1v) is 12.6. The lowest BCUT2D eigenvalue weighted by Gasteiger charge is -2.35. The highest BCUT2D eigenvalue weighted by molar-refractivity contribution is 5.79. The number of rotatable bonds is 8. The molecule has 0 radical (unpaired) electrons. The van der Waals surface area contributed by atoms with Crippen LogP contribution < -0.4 is 10.6 Å². The second-order valence-electron chi connectivity index (χ2n) is 10.2. The zero-order valence-electron chi connectivity index (χ0n) is 19.7. The summed E-state index contributed by atoms with van der Waals surface area (Å²) in [5.41, 5.74) is 4.78. The normalized spacial score (nSPS) is 24.7. The highest BCUT2D eigenvalue weighted by Crippen LogP contribution is 2.44. The molecule has 3 N–H and O–H groups in total. The molecule has 0 bridgehead atoms. The van der Waals surface area contributed by atoms with E-state index >= 15 is 0 Å². The maximum atomic E-state index is 12.4. The van der Waals surface area contributed by atoms with Crippen molar-refractivity contribution in [3.05, 3.63) is 59.7 Å². The van der Waals surface area contributed by atoms with E-state index in [0.717, 1.165) is 32.1 Å². The fourth-order valence-electron chi connectivity index (χ4n) is 6.01. The van der Waals surface area contributed by atoms with Crippen LogP contribution in [0.25, 0.3) is 11.1 Å². The lowest BCUT2D eigenvalue weighted by molar-refractivity contribution is -0.138. The molecular weight excluding hydrogens is 444 g/mol. The van der Waals surface area contributed by atoms with Crippen molar-refractivity contribution >= 4 is 18.0 Å². The van der Waals surface area contributed by atoms with Crippen molar-refractivity contribution in [3.63, 3.8) is 0 Å². The Morgan fingerprint density at radius 3 is 2.09 bits per heavy atom. The van der Waals surface area contributed by atoms with E-state index in [0.29, 0.717) is 13.0 Å². The van der Waals surface area contributed by atoms with Crippen LogP contribution in [0, 0.1) is 11.8 Å². The fraction of sp³-hybridized carbons (Fsp3) is 0.464. The summed E-state index contributed by atoms with van der Waals surface area (Å²) in [6, 6.07) is 16.6. The van der Waals surface area contributed by atoms with Crippen LogP contribution in [-0.4, -0.2) is 41.8 Å². The quantitative estimate of drug-likeness (QED) is 0.522. The summed E-state index contributed by atoms with van der Waals surface area (Å²) in [6.45, 7) is 0.294. The van der Waals surface area contributed by atoms with E-state index in [2.05, 4.69) is 34.9 Å². The van der Waals surface area contributed by atoms with Crippen LogP contribution in [0.4, 0.5) is 4.79 Å². The zero-order valence-corrected chi connectivity index (χ0v) is 19.7. The van der Waals surface area contributed by atoms with Crippen LogP contribution in [-0.2, 0) is 14.3 Å². The van der Waals surface area contributed by atoms with Gasteiger partial charge in [-0.05, 0) is 66.2 Å². The molecule has 2 saturated carbocycles. The second kappa shape index (κ2) is 10.1. The molecule has 7 heteroatoms. The molecule has 0 saturated heterocycles. The van der Waals surface area contributed by atoms with Crippen molar-refractivity contribution in [2.75, 3.05) is 6.61 Å². The van der Waals surface area contributed by atoms with Gasteiger partial charge < -0.3 is 20.5 Å². The Morgan fingerprint density at radius 2 is 1.43 bits per heavy atom. The number of fused-ring (bicyclic) bond motifs is 3. The molecule has 2 aromatic carbocycles. The Balaban J connectivity index is 1.02.